The zero-order valence-electron chi connectivity index (χ0n) is 29.3. The molecule has 2 N–H and O–H groups in total. The van der Waals surface area contributed by atoms with Gasteiger partial charge in [0, 0.05) is 42.3 Å². The summed E-state index contributed by atoms with van der Waals surface area (Å²) in [6.07, 6.45) is 9.87. The topological polar surface area (TPSA) is 101 Å². The van der Waals surface area contributed by atoms with E-state index in [9.17, 15) is 14.7 Å². The number of aryl methyl sites for hydroxylation is 1. The number of benzene rings is 2. The highest BCUT2D eigenvalue weighted by atomic mass is 35.5. The summed E-state index contributed by atoms with van der Waals surface area (Å²) in [5.41, 5.74) is 4.45. The van der Waals surface area contributed by atoms with E-state index in [1.54, 1.807) is 31.1 Å². The highest BCUT2D eigenvalue weighted by Gasteiger charge is 2.54. The molecule has 49 heavy (non-hydrogen) atoms. The molecule has 1 aromatic heterocycles. The smallest absolute Gasteiger partial charge is 0.329 e. The number of ether oxygens (including phenoxy) is 2. The molecule has 1 saturated carbocycles. The van der Waals surface area contributed by atoms with Crippen molar-refractivity contribution in [1.29, 1.82) is 0 Å². The van der Waals surface area contributed by atoms with Crippen molar-refractivity contribution in [3.63, 3.8) is 0 Å². The number of carbonyl (C=O) groups excluding carboxylic acids is 1. The van der Waals surface area contributed by atoms with E-state index in [0.717, 1.165) is 55.7 Å². The third-order valence-corrected chi connectivity index (χ3v) is 11.6. The molecule has 3 aromatic rings. The van der Waals surface area contributed by atoms with Crippen molar-refractivity contribution in [2.75, 3.05) is 32.6 Å². The number of hydrogen-bond acceptors (Lipinski definition) is 6. The summed E-state index contributed by atoms with van der Waals surface area (Å²) in [7, 11) is 3.50. The first-order valence-electron chi connectivity index (χ1n) is 17.8. The molecule has 1 amide bonds. The van der Waals surface area contributed by atoms with Gasteiger partial charge in [-0.3, -0.25) is 9.78 Å². The fraction of sp³-hybridized carbons (Fsp3) is 0.525. The van der Waals surface area contributed by atoms with Gasteiger partial charge in [-0.2, -0.15) is 0 Å². The second-order valence-corrected chi connectivity index (χ2v) is 15.3. The molecule has 0 radical (unpaired) electrons. The van der Waals surface area contributed by atoms with E-state index in [2.05, 4.69) is 36.3 Å². The first kappa shape index (κ1) is 35.1. The monoisotopic (exact) mass is 687 g/mol. The number of aliphatic carboxylic acids is 1. The summed E-state index contributed by atoms with van der Waals surface area (Å²) in [5, 5.41) is 14.5. The Kier molecular flexibility index (Phi) is 10.4. The molecule has 0 unspecified atom stereocenters. The van der Waals surface area contributed by atoms with Crippen LogP contribution in [0.2, 0.25) is 5.02 Å². The van der Waals surface area contributed by atoms with Crippen LogP contribution in [0.4, 0.5) is 5.69 Å². The summed E-state index contributed by atoms with van der Waals surface area (Å²) in [6, 6.07) is 15.7. The van der Waals surface area contributed by atoms with Crippen molar-refractivity contribution in [3.05, 3.63) is 82.1 Å². The second-order valence-electron chi connectivity index (χ2n) is 14.9. The number of rotatable bonds is 12. The Balaban J connectivity index is 1.23. The van der Waals surface area contributed by atoms with Crippen molar-refractivity contribution in [1.82, 2.24) is 9.88 Å². The summed E-state index contributed by atoms with van der Waals surface area (Å²) in [4.78, 5) is 31.3. The van der Waals surface area contributed by atoms with E-state index >= 15 is 0 Å². The van der Waals surface area contributed by atoms with Crippen LogP contribution < -0.4 is 14.8 Å². The van der Waals surface area contributed by atoms with Gasteiger partial charge in [0.2, 0.25) is 5.91 Å². The predicted molar refractivity (Wildman–Crippen MR) is 193 cm³/mol. The summed E-state index contributed by atoms with van der Waals surface area (Å²) in [5.74, 6) is 1.99. The van der Waals surface area contributed by atoms with Gasteiger partial charge in [0.25, 0.3) is 0 Å². The number of hydrogen-bond donors (Lipinski definition) is 2. The molecule has 262 valence electrons. The van der Waals surface area contributed by atoms with Gasteiger partial charge in [-0.1, -0.05) is 37.6 Å². The van der Waals surface area contributed by atoms with E-state index in [1.807, 2.05) is 30.5 Å². The lowest BCUT2D eigenvalue weighted by atomic mass is 9.59. The number of anilines is 1. The Morgan fingerprint density at radius 2 is 1.90 bits per heavy atom. The number of carbonyl (C=O) groups is 2. The van der Waals surface area contributed by atoms with Crippen LogP contribution in [0.5, 0.6) is 11.5 Å². The van der Waals surface area contributed by atoms with Crippen molar-refractivity contribution >= 4 is 29.2 Å². The van der Waals surface area contributed by atoms with Gasteiger partial charge >= 0.3 is 5.97 Å². The van der Waals surface area contributed by atoms with E-state index in [4.69, 9.17) is 21.1 Å². The second kappa shape index (κ2) is 14.6. The van der Waals surface area contributed by atoms with Crippen LogP contribution in [0, 0.1) is 11.8 Å². The molecule has 3 aliphatic carbocycles. The van der Waals surface area contributed by atoms with Crippen LogP contribution in [0.15, 0.2) is 54.7 Å². The van der Waals surface area contributed by atoms with Gasteiger partial charge in [-0.15, -0.1) is 0 Å². The fourth-order valence-corrected chi connectivity index (χ4v) is 8.84. The zero-order chi connectivity index (χ0) is 34.8. The van der Waals surface area contributed by atoms with E-state index < -0.39 is 11.5 Å². The molecule has 3 atom stereocenters. The van der Waals surface area contributed by atoms with Crippen LogP contribution >= 0.6 is 11.6 Å². The van der Waals surface area contributed by atoms with Gasteiger partial charge < -0.3 is 24.8 Å². The van der Waals surface area contributed by atoms with Gasteiger partial charge in [-0.05, 0) is 128 Å². The predicted octanol–water partition coefficient (Wildman–Crippen LogP) is 8.06. The van der Waals surface area contributed by atoms with Crippen molar-refractivity contribution in [2.24, 2.45) is 11.8 Å². The molecule has 1 fully saturated rings. The molecule has 0 aliphatic heterocycles. The van der Waals surface area contributed by atoms with E-state index in [0.29, 0.717) is 55.3 Å². The minimum atomic E-state index is -1.09. The number of aromatic nitrogens is 1. The number of carboxylic acids is 1. The van der Waals surface area contributed by atoms with E-state index in [1.165, 1.54) is 28.8 Å². The van der Waals surface area contributed by atoms with Gasteiger partial charge in [-0.25, -0.2) is 4.79 Å². The SMILES string of the molecule is C[C@@H](COc1ccnc2c1[C@H](C)CCC2)C[C@H]1Cc2ccc(OCCC(=O)N(C)C)cc2C12CCC(Nc1cccc(Cl)c1)(C(=O)O)CC2. The molecule has 2 aromatic carbocycles. The van der Waals surface area contributed by atoms with Crippen LogP contribution in [-0.4, -0.2) is 59.7 Å². The van der Waals surface area contributed by atoms with Crippen LogP contribution in [0.25, 0.3) is 0 Å². The summed E-state index contributed by atoms with van der Waals surface area (Å²) in [6.45, 7) is 5.48. The summed E-state index contributed by atoms with van der Waals surface area (Å²) < 4.78 is 12.7. The lowest BCUT2D eigenvalue weighted by Gasteiger charge is -2.47. The number of pyridine rings is 1. The largest absolute Gasteiger partial charge is 0.493 e. The van der Waals surface area contributed by atoms with Gasteiger partial charge in [0.05, 0.1) is 19.6 Å². The third-order valence-electron chi connectivity index (χ3n) is 11.3. The number of amides is 1. The van der Waals surface area contributed by atoms with Crippen LogP contribution in [-0.2, 0) is 27.8 Å². The van der Waals surface area contributed by atoms with Crippen LogP contribution in [0.1, 0.15) is 93.5 Å². The molecule has 9 heteroatoms. The Bertz CT molecular complexity index is 1670. The average Bonchev–Trinajstić information content (AvgIpc) is 3.36. The maximum atomic E-state index is 12.9. The minimum Gasteiger partial charge on any atom is -0.493 e. The lowest BCUT2D eigenvalue weighted by Crippen LogP contribution is -2.53. The molecule has 1 spiro atoms. The Morgan fingerprint density at radius 3 is 2.63 bits per heavy atom. The number of nitrogens with zero attached hydrogens (tertiary/aromatic N) is 2. The molecular weight excluding hydrogens is 638 g/mol. The molecule has 0 bridgehead atoms. The quantitative estimate of drug-likeness (QED) is 0.199. The fourth-order valence-electron chi connectivity index (χ4n) is 8.65. The molecule has 0 saturated heterocycles. The Labute approximate surface area is 295 Å². The highest BCUT2D eigenvalue weighted by molar-refractivity contribution is 6.30. The maximum Gasteiger partial charge on any atom is 0.329 e. The number of carboxylic acid groups (broad SMARTS) is 1. The first-order chi connectivity index (χ1) is 23.5. The molecular formula is C40H50ClN3O5. The lowest BCUT2D eigenvalue weighted by molar-refractivity contribution is -0.144. The first-order valence-corrected chi connectivity index (χ1v) is 18.2. The number of nitrogens with one attached hydrogen (secondary N) is 1. The van der Waals surface area contributed by atoms with Gasteiger partial charge in [0.15, 0.2) is 0 Å². The number of halogens is 1. The Hall–Kier alpha value is -3.78. The molecule has 3 aliphatic rings. The highest BCUT2D eigenvalue weighted by Crippen LogP contribution is 2.56. The number of fused-ring (bicyclic) bond motifs is 3. The normalized spacial score (nSPS) is 24.8. The molecule has 8 nitrogen and oxygen atoms in total. The van der Waals surface area contributed by atoms with E-state index in [-0.39, 0.29) is 11.3 Å². The van der Waals surface area contributed by atoms with Crippen molar-refractivity contribution < 1.29 is 24.2 Å². The Morgan fingerprint density at radius 1 is 1.10 bits per heavy atom. The van der Waals surface area contributed by atoms with Crippen LogP contribution in [0.3, 0.4) is 0 Å². The third kappa shape index (κ3) is 7.40. The molecule has 1 heterocycles. The average molecular weight is 688 g/mol. The minimum absolute atomic E-state index is 0.0279. The standard InChI is InChI=1S/C40H50ClN3O5/c1-26(25-49-35-13-19-42-34-10-5-7-27(2)37(34)35)21-29-22-28-11-12-32(48-20-14-36(45)44(3)4)24-33(28)39(29)15-17-40(18-16-39,38(46)47)43-31-9-6-8-30(41)23-31/h6,8-9,11-13,19,23-24,26-27,29,43H,5,7,10,14-18,20-22,25H2,1-4H3,(H,46,47)/t26-,27-,29+,39?,40?/m1/s1. The zero-order valence-corrected chi connectivity index (χ0v) is 30.0. The van der Waals surface area contributed by atoms with Crippen molar-refractivity contribution in [2.45, 2.75) is 94.9 Å². The van der Waals surface area contributed by atoms with Gasteiger partial charge in [0.1, 0.15) is 17.0 Å². The van der Waals surface area contributed by atoms with Crippen molar-refractivity contribution in [3.8, 4) is 11.5 Å². The summed E-state index contributed by atoms with van der Waals surface area (Å²) >= 11 is 6.27. The molecule has 6 rings (SSSR count). The maximum absolute atomic E-state index is 12.9.